The van der Waals surface area contributed by atoms with Crippen molar-refractivity contribution in [3.05, 3.63) is 23.3 Å². The van der Waals surface area contributed by atoms with Crippen molar-refractivity contribution in [3.8, 4) is 0 Å². The summed E-state index contributed by atoms with van der Waals surface area (Å²) in [5.74, 6) is -0.733. The summed E-state index contributed by atoms with van der Waals surface area (Å²) in [6.45, 7) is 7.57. The largest absolute Gasteiger partial charge is 0.462 e. The van der Waals surface area contributed by atoms with E-state index >= 15 is 0 Å². The van der Waals surface area contributed by atoms with Crippen molar-refractivity contribution < 1.29 is 24.2 Å². The van der Waals surface area contributed by atoms with Crippen LogP contribution in [-0.2, 0) is 19.1 Å². The van der Waals surface area contributed by atoms with E-state index in [1.54, 1.807) is 0 Å². The van der Waals surface area contributed by atoms with Crippen LogP contribution in [0.3, 0.4) is 0 Å². The molecular formula is C20H28O5. The molecule has 1 saturated heterocycles. The zero-order valence-corrected chi connectivity index (χ0v) is 15.5. The molecule has 5 heteroatoms. The van der Waals surface area contributed by atoms with Crippen LogP contribution < -0.4 is 0 Å². The van der Waals surface area contributed by atoms with Gasteiger partial charge in [0.25, 0.3) is 0 Å². The molecule has 1 N–H and O–H groups in total. The van der Waals surface area contributed by atoms with Gasteiger partial charge in [-0.15, -0.1) is 0 Å². The zero-order valence-electron chi connectivity index (χ0n) is 15.5. The molecular weight excluding hydrogens is 320 g/mol. The van der Waals surface area contributed by atoms with Crippen LogP contribution in [0.4, 0.5) is 0 Å². The number of ether oxygens (including phenoxy) is 2. The Morgan fingerprint density at radius 3 is 2.68 bits per heavy atom. The molecule has 0 aromatic rings. The highest BCUT2D eigenvalue weighted by Gasteiger charge is 2.88. The molecule has 2 aliphatic carbocycles. The minimum absolute atomic E-state index is 0.135. The average Bonchev–Trinajstić information content (AvgIpc) is 2.90. The van der Waals surface area contributed by atoms with Crippen LogP contribution in [0.5, 0.6) is 0 Å². The maximum absolute atomic E-state index is 12.0. The third-order valence-corrected chi connectivity index (χ3v) is 5.94. The van der Waals surface area contributed by atoms with E-state index in [1.165, 1.54) is 12.5 Å². The summed E-state index contributed by atoms with van der Waals surface area (Å²) < 4.78 is 11.3. The summed E-state index contributed by atoms with van der Waals surface area (Å²) in [6, 6.07) is 0. The van der Waals surface area contributed by atoms with Crippen molar-refractivity contribution in [2.75, 3.05) is 0 Å². The van der Waals surface area contributed by atoms with Crippen molar-refractivity contribution in [1.29, 1.82) is 0 Å². The first kappa shape index (κ1) is 18.2. The highest BCUT2D eigenvalue weighted by Crippen LogP contribution is 2.77. The quantitative estimate of drug-likeness (QED) is 0.611. The van der Waals surface area contributed by atoms with E-state index < -0.39 is 17.1 Å². The third-order valence-electron chi connectivity index (χ3n) is 5.94. The van der Waals surface area contributed by atoms with Gasteiger partial charge >= 0.3 is 11.9 Å². The van der Waals surface area contributed by atoms with E-state index in [1.807, 2.05) is 13.0 Å². The molecule has 3 fully saturated rings. The second-order valence-corrected chi connectivity index (χ2v) is 8.01. The molecule has 0 amide bonds. The Hall–Kier alpha value is -1.62. The standard InChI is InChI=1S/C20H28O5/c1-12(2)6-5-7-13(3)10-20-18-15(24-14(4)21)8-9-16(22)19(18,20)11-17(23)25-20/h6,10,15-16,18,22H,5,7-9,11H2,1-4H3/b13-10+/t15-,16?,18?,19?,20+/m1/s1. The van der Waals surface area contributed by atoms with Crippen LogP contribution in [0.1, 0.15) is 59.8 Å². The maximum atomic E-state index is 12.0. The molecule has 1 spiro atoms. The summed E-state index contributed by atoms with van der Waals surface area (Å²) in [6.07, 6.45) is 6.45. The molecule has 5 atom stereocenters. The van der Waals surface area contributed by atoms with Gasteiger partial charge in [0.15, 0.2) is 0 Å². The molecule has 5 nitrogen and oxygen atoms in total. The van der Waals surface area contributed by atoms with E-state index in [0.29, 0.717) is 12.8 Å². The SMILES string of the molecule is CC(=O)O[C@@H]1CCC(O)C23CC(=O)O[C@@]2(/C=C(\C)CCC=C(C)C)C13. The number of hydrogen-bond donors (Lipinski definition) is 1. The number of carbonyl (C=O) groups is 2. The number of hydrogen-bond acceptors (Lipinski definition) is 5. The summed E-state index contributed by atoms with van der Waals surface area (Å²) in [7, 11) is 0. The van der Waals surface area contributed by atoms with E-state index in [4.69, 9.17) is 9.47 Å². The lowest BCUT2D eigenvalue weighted by Crippen LogP contribution is -2.36. The molecule has 25 heavy (non-hydrogen) atoms. The Balaban J connectivity index is 1.87. The minimum Gasteiger partial charge on any atom is -0.462 e. The van der Waals surface area contributed by atoms with Crippen molar-refractivity contribution >= 4 is 11.9 Å². The van der Waals surface area contributed by atoms with Gasteiger partial charge in [-0.05, 0) is 52.5 Å². The van der Waals surface area contributed by atoms with Crippen molar-refractivity contribution in [3.63, 3.8) is 0 Å². The predicted octanol–water partition coefficient (Wildman–Crippen LogP) is 3.07. The van der Waals surface area contributed by atoms with Gasteiger partial charge in [0, 0.05) is 6.92 Å². The summed E-state index contributed by atoms with van der Waals surface area (Å²) in [5.41, 5.74) is 0.977. The van der Waals surface area contributed by atoms with Gasteiger partial charge in [0.05, 0.1) is 23.9 Å². The Morgan fingerprint density at radius 1 is 1.32 bits per heavy atom. The lowest BCUT2D eigenvalue weighted by molar-refractivity contribution is -0.154. The van der Waals surface area contributed by atoms with Crippen LogP contribution in [0.2, 0.25) is 0 Å². The second kappa shape index (κ2) is 6.27. The second-order valence-electron chi connectivity index (χ2n) is 8.01. The van der Waals surface area contributed by atoms with Gasteiger partial charge < -0.3 is 14.6 Å². The normalized spacial score (nSPS) is 39.2. The molecule has 3 rings (SSSR count). The number of allylic oxidation sites excluding steroid dienone is 3. The number of carbonyl (C=O) groups excluding carboxylic acids is 2. The van der Waals surface area contributed by atoms with Crippen LogP contribution in [0.25, 0.3) is 0 Å². The molecule has 0 aromatic carbocycles. The van der Waals surface area contributed by atoms with E-state index in [0.717, 1.165) is 18.4 Å². The predicted molar refractivity (Wildman–Crippen MR) is 92.6 cm³/mol. The number of aliphatic hydroxyl groups excluding tert-OH is 1. The molecule has 3 unspecified atom stereocenters. The molecule has 0 radical (unpaired) electrons. The summed E-state index contributed by atoms with van der Waals surface area (Å²) in [5, 5.41) is 10.7. The Labute approximate surface area is 149 Å². The molecule has 0 bridgehead atoms. The van der Waals surface area contributed by atoms with Gasteiger partial charge in [-0.25, -0.2) is 0 Å². The van der Waals surface area contributed by atoms with Crippen LogP contribution in [0, 0.1) is 11.3 Å². The monoisotopic (exact) mass is 348 g/mol. The first-order valence-corrected chi connectivity index (χ1v) is 9.12. The van der Waals surface area contributed by atoms with E-state index in [9.17, 15) is 14.7 Å². The zero-order chi connectivity index (χ0) is 18.4. The first-order valence-electron chi connectivity index (χ1n) is 9.12. The van der Waals surface area contributed by atoms with Crippen LogP contribution in [-0.4, -0.2) is 34.9 Å². The lowest BCUT2D eigenvalue weighted by atomic mass is 9.81. The van der Waals surface area contributed by atoms with Gasteiger partial charge in [-0.3, -0.25) is 9.59 Å². The Kier molecular flexibility index (Phi) is 4.56. The Bertz CT molecular complexity index is 644. The van der Waals surface area contributed by atoms with Gasteiger partial charge in [0.2, 0.25) is 0 Å². The average molecular weight is 348 g/mol. The van der Waals surface area contributed by atoms with Crippen LogP contribution >= 0.6 is 0 Å². The number of rotatable bonds is 5. The first-order chi connectivity index (χ1) is 11.7. The van der Waals surface area contributed by atoms with Crippen LogP contribution in [0.15, 0.2) is 23.3 Å². The van der Waals surface area contributed by atoms with Gasteiger partial charge in [0.1, 0.15) is 11.7 Å². The number of fused-ring (bicyclic) bond motifs is 1. The molecule has 1 aliphatic heterocycles. The molecule has 1 heterocycles. The smallest absolute Gasteiger partial charge is 0.307 e. The molecule has 138 valence electrons. The Morgan fingerprint density at radius 2 is 2.04 bits per heavy atom. The van der Waals surface area contributed by atoms with Crippen molar-refractivity contribution in [2.24, 2.45) is 11.3 Å². The topological polar surface area (TPSA) is 72.8 Å². The lowest BCUT2D eigenvalue weighted by Gasteiger charge is -2.29. The van der Waals surface area contributed by atoms with Crippen molar-refractivity contribution in [1.82, 2.24) is 0 Å². The van der Waals surface area contributed by atoms with E-state index in [2.05, 4.69) is 19.9 Å². The highest BCUT2D eigenvalue weighted by atomic mass is 16.6. The molecule has 3 aliphatic rings. The summed E-state index contributed by atoms with van der Waals surface area (Å²) >= 11 is 0. The number of aliphatic hydroxyl groups is 1. The van der Waals surface area contributed by atoms with E-state index in [-0.39, 0.29) is 30.4 Å². The van der Waals surface area contributed by atoms with Gasteiger partial charge in [-0.2, -0.15) is 0 Å². The fourth-order valence-electron chi connectivity index (χ4n) is 5.01. The maximum Gasteiger partial charge on any atom is 0.307 e. The minimum atomic E-state index is -0.810. The summed E-state index contributed by atoms with van der Waals surface area (Å²) in [4.78, 5) is 23.5. The molecule has 2 saturated carbocycles. The third kappa shape index (κ3) is 2.82. The number of esters is 2. The fourth-order valence-corrected chi connectivity index (χ4v) is 5.01. The van der Waals surface area contributed by atoms with Gasteiger partial charge in [-0.1, -0.05) is 17.2 Å². The van der Waals surface area contributed by atoms with Crippen molar-refractivity contribution in [2.45, 2.75) is 77.6 Å². The molecule has 0 aromatic heterocycles. The fraction of sp³-hybridized carbons (Fsp3) is 0.700. The highest BCUT2D eigenvalue weighted by molar-refractivity contribution is 5.79.